The number of anilines is 1. The van der Waals surface area contributed by atoms with Crippen LogP contribution in [0.15, 0.2) is 71.6 Å². The third-order valence-corrected chi connectivity index (χ3v) is 10.6. The number of hydrogen-bond donors (Lipinski definition) is 1. The highest BCUT2D eigenvalue weighted by Crippen LogP contribution is 2.53. The zero-order chi connectivity index (χ0) is 30.4. The van der Waals surface area contributed by atoms with E-state index < -0.39 is 38.1 Å². The number of hydrogen-bond acceptors (Lipinski definition) is 4. The molecule has 222 valence electrons. The van der Waals surface area contributed by atoms with E-state index in [1.807, 2.05) is 0 Å². The molecule has 3 aromatic rings. The van der Waals surface area contributed by atoms with Gasteiger partial charge in [0.1, 0.15) is 0 Å². The van der Waals surface area contributed by atoms with Gasteiger partial charge in [0.2, 0.25) is 5.91 Å². The third-order valence-electron chi connectivity index (χ3n) is 8.40. The third kappa shape index (κ3) is 5.24. The van der Waals surface area contributed by atoms with E-state index in [0.29, 0.717) is 53.8 Å². The molecule has 0 saturated carbocycles. The Morgan fingerprint density at radius 2 is 1.71 bits per heavy atom. The molecule has 0 aliphatic carbocycles. The van der Waals surface area contributed by atoms with Crippen molar-refractivity contribution in [2.45, 2.75) is 55.8 Å². The Balaban J connectivity index is 1.55. The van der Waals surface area contributed by atoms with E-state index in [2.05, 4.69) is 5.32 Å². The molecule has 3 aromatic carbocycles. The van der Waals surface area contributed by atoms with Gasteiger partial charge < -0.3 is 10.2 Å². The van der Waals surface area contributed by atoms with Crippen LogP contribution in [0.5, 0.6) is 0 Å². The topological polar surface area (TPSA) is 86.8 Å². The first kappa shape index (κ1) is 29.9. The second kappa shape index (κ2) is 10.9. The lowest BCUT2D eigenvalue weighted by Crippen LogP contribution is -2.52. The molecule has 2 aliphatic heterocycles. The van der Waals surface area contributed by atoms with Gasteiger partial charge in [0, 0.05) is 42.6 Å². The van der Waals surface area contributed by atoms with Gasteiger partial charge in [-0.25, -0.2) is 8.42 Å². The summed E-state index contributed by atoms with van der Waals surface area (Å²) < 4.78 is 69.6. The lowest BCUT2D eigenvalue weighted by Gasteiger charge is -2.43. The number of likely N-dealkylation sites (tertiary alicyclic amines) is 1. The molecule has 2 amide bonds. The van der Waals surface area contributed by atoms with E-state index in [1.54, 1.807) is 42.2 Å². The Labute approximate surface area is 247 Å². The van der Waals surface area contributed by atoms with Gasteiger partial charge in [-0.15, -0.1) is 0 Å². The number of amides is 2. The lowest BCUT2D eigenvalue weighted by molar-refractivity contribution is -0.137. The van der Waals surface area contributed by atoms with Crippen LogP contribution in [0.1, 0.15) is 53.7 Å². The first-order valence-corrected chi connectivity index (χ1v) is 15.2. The van der Waals surface area contributed by atoms with Crippen molar-refractivity contribution < 1.29 is 31.2 Å². The van der Waals surface area contributed by atoms with Crippen LogP contribution in [-0.2, 0) is 33.0 Å². The van der Waals surface area contributed by atoms with E-state index in [4.69, 9.17) is 11.6 Å². The number of halogens is 4. The maximum Gasteiger partial charge on any atom is 0.416 e. The number of carbonyl (C=O) groups excluding carboxylic acids is 2. The highest BCUT2D eigenvalue weighted by atomic mass is 35.5. The van der Waals surface area contributed by atoms with Crippen molar-refractivity contribution in [1.82, 2.24) is 10.2 Å². The van der Waals surface area contributed by atoms with Crippen molar-refractivity contribution in [2.75, 3.05) is 17.4 Å². The van der Waals surface area contributed by atoms with E-state index in [9.17, 15) is 31.2 Å². The molecule has 2 aliphatic rings. The predicted octanol–water partition coefficient (Wildman–Crippen LogP) is 5.77. The molecule has 1 atom stereocenters. The molecular formula is C30H29ClF3N3O4S. The standard InChI is InChI=1S/C30H29ClF3N3O4S/c1-19-29(12-14-36(15-13-29)20(2)38)25-16-21(28(39)35-18-22-6-3-4-9-26(22)31)10-11-27(25)37(19)42(40,41)24-8-5-7-23(17-24)30(32,33)34/h3-11,16-17,19H,12-15,18H2,1-2H3,(H,35,39). The van der Waals surface area contributed by atoms with Crippen LogP contribution in [0.4, 0.5) is 18.9 Å². The zero-order valence-electron chi connectivity index (χ0n) is 22.9. The average molecular weight is 620 g/mol. The smallest absolute Gasteiger partial charge is 0.348 e. The first-order chi connectivity index (χ1) is 19.8. The SMILES string of the molecule is CC(=O)N1CCC2(CC1)c1cc(C(=O)NCc3ccccc3Cl)ccc1N(S(=O)(=O)c1cccc(C(F)(F)F)c1)C2C. The molecule has 5 rings (SSSR count). The van der Waals surface area contributed by atoms with Crippen molar-refractivity contribution in [3.63, 3.8) is 0 Å². The fraction of sp³-hybridized carbons (Fsp3) is 0.333. The van der Waals surface area contributed by atoms with Crippen LogP contribution < -0.4 is 9.62 Å². The molecule has 12 heteroatoms. The fourth-order valence-corrected chi connectivity index (χ4v) is 8.03. The summed E-state index contributed by atoms with van der Waals surface area (Å²) in [5.74, 6) is -0.488. The number of rotatable bonds is 5. The number of nitrogens with one attached hydrogen (secondary N) is 1. The summed E-state index contributed by atoms with van der Waals surface area (Å²) in [6, 6.07) is 14.8. The molecule has 1 unspecified atom stereocenters. The summed E-state index contributed by atoms with van der Waals surface area (Å²) in [5.41, 5.74) is 0.117. The maximum absolute atomic E-state index is 14.0. The second-order valence-electron chi connectivity index (χ2n) is 10.7. The molecule has 1 fully saturated rings. The molecule has 1 saturated heterocycles. The van der Waals surface area contributed by atoms with Gasteiger partial charge >= 0.3 is 6.18 Å². The number of piperidine rings is 1. The van der Waals surface area contributed by atoms with Crippen LogP contribution in [0.3, 0.4) is 0 Å². The van der Waals surface area contributed by atoms with Crippen molar-refractivity contribution in [2.24, 2.45) is 0 Å². The summed E-state index contributed by atoms with van der Waals surface area (Å²) >= 11 is 6.22. The Hall–Kier alpha value is -3.57. The minimum absolute atomic E-state index is 0.100. The molecule has 2 heterocycles. The lowest BCUT2D eigenvalue weighted by atomic mass is 9.70. The van der Waals surface area contributed by atoms with Crippen molar-refractivity contribution in [3.05, 3.63) is 94.0 Å². The van der Waals surface area contributed by atoms with Gasteiger partial charge in [-0.1, -0.05) is 35.9 Å². The van der Waals surface area contributed by atoms with Crippen LogP contribution in [-0.4, -0.2) is 44.3 Å². The zero-order valence-corrected chi connectivity index (χ0v) is 24.5. The van der Waals surface area contributed by atoms with E-state index in [0.717, 1.165) is 23.8 Å². The Morgan fingerprint density at radius 1 is 1.02 bits per heavy atom. The first-order valence-electron chi connectivity index (χ1n) is 13.4. The van der Waals surface area contributed by atoms with Gasteiger partial charge in [-0.05, 0) is 73.4 Å². The second-order valence-corrected chi connectivity index (χ2v) is 12.9. The molecule has 1 spiro atoms. The Kier molecular flexibility index (Phi) is 7.78. The molecule has 42 heavy (non-hydrogen) atoms. The fourth-order valence-electron chi connectivity index (χ4n) is 6.04. The van der Waals surface area contributed by atoms with Crippen molar-refractivity contribution >= 4 is 39.1 Å². The number of alkyl halides is 3. The summed E-state index contributed by atoms with van der Waals surface area (Å²) in [5, 5.41) is 3.35. The summed E-state index contributed by atoms with van der Waals surface area (Å²) in [6.45, 7) is 4.13. The van der Waals surface area contributed by atoms with Crippen LogP contribution in [0.2, 0.25) is 5.02 Å². The average Bonchev–Trinajstić information content (AvgIpc) is 3.19. The molecule has 0 radical (unpaired) electrons. The quantitative estimate of drug-likeness (QED) is 0.393. The Bertz CT molecular complexity index is 1650. The molecule has 0 bridgehead atoms. The number of benzene rings is 3. The molecule has 0 aromatic heterocycles. The van der Waals surface area contributed by atoms with Gasteiger partial charge in [-0.2, -0.15) is 13.2 Å². The van der Waals surface area contributed by atoms with Gasteiger partial charge in [0.05, 0.1) is 22.2 Å². The Morgan fingerprint density at radius 3 is 2.36 bits per heavy atom. The number of carbonyl (C=O) groups is 2. The monoisotopic (exact) mass is 619 g/mol. The number of sulfonamides is 1. The van der Waals surface area contributed by atoms with E-state index in [-0.39, 0.29) is 18.4 Å². The molecule has 7 nitrogen and oxygen atoms in total. The van der Waals surface area contributed by atoms with Gasteiger partial charge in [-0.3, -0.25) is 13.9 Å². The summed E-state index contributed by atoms with van der Waals surface area (Å²) in [7, 11) is -4.44. The van der Waals surface area contributed by atoms with Gasteiger partial charge in [0.25, 0.3) is 15.9 Å². The minimum atomic E-state index is -4.72. The van der Waals surface area contributed by atoms with Crippen LogP contribution in [0, 0.1) is 0 Å². The summed E-state index contributed by atoms with van der Waals surface area (Å²) in [6.07, 6.45) is -3.88. The largest absolute Gasteiger partial charge is 0.416 e. The van der Waals surface area contributed by atoms with Crippen molar-refractivity contribution in [1.29, 1.82) is 0 Å². The van der Waals surface area contributed by atoms with Gasteiger partial charge in [0.15, 0.2) is 0 Å². The van der Waals surface area contributed by atoms with Crippen LogP contribution in [0.25, 0.3) is 0 Å². The highest BCUT2D eigenvalue weighted by Gasteiger charge is 2.54. The maximum atomic E-state index is 14.0. The highest BCUT2D eigenvalue weighted by molar-refractivity contribution is 7.92. The van der Waals surface area contributed by atoms with Crippen LogP contribution >= 0.6 is 11.6 Å². The molecular weight excluding hydrogens is 591 g/mol. The van der Waals surface area contributed by atoms with Crippen molar-refractivity contribution in [3.8, 4) is 0 Å². The van der Waals surface area contributed by atoms with E-state index in [1.165, 1.54) is 23.4 Å². The number of fused-ring (bicyclic) bond motifs is 2. The predicted molar refractivity (Wildman–Crippen MR) is 153 cm³/mol. The summed E-state index contributed by atoms with van der Waals surface area (Å²) in [4.78, 5) is 26.5. The number of nitrogens with zero attached hydrogens (tertiary/aromatic N) is 2. The minimum Gasteiger partial charge on any atom is -0.348 e. The normalized spacial score (nSPS) is 18.2. The molecule has 1 N–H and O–H groups in total. The van der Waals surface area contributed by atoms with E-state index >= 15 is 0 Å².